The molecule has 1 heterocycles. The molecule has 3 aromatic rings. The van der Waals surface area contributed by atoms with Gasteiger partial charge in [0.05, 0.1) is 10.9 Å². The normalized spacial score (nSPS) is 10.9. The molecule has 0 aliphatic heterocycles. The van der Waals surface area contributed by atoms with E-state index in [0.29, 0.717) is 38.4 Å². The standard InChI is InChI=1S/C18H14Cl2N2OS/c1-2-9-22-17(23)14-5-3-4-6-16(14)21-18(22)24-11-12-7-8-13(19)10-15(12)20/h2-8,10H,1,9,11H2. The van der Waals surface area contributed by atoms with Crippen LogP contribution in [0.4, 0.5) is 0 Å². The molecule has 0 bridgehead atoms. The maximum absolute atomic E-state index is 12.7. The number of para-hydroxylation sites is 1. The number of fused-ring (bicyclic) bond motifs is 1. The molecule has 0 unspecified atom stereocenters. The smallest absolute Gasteiger partial charge is 0.262 e. The van der Waals surface area contributed by atoms with E-state index in [2.05, 4.69) is 11.6 Å². The number of hydrogen-bond acceptors (Lipinski definition) is 3. The Morgan fingerprint density at radius 2 is 2.00 bits per heavy atom. The van der Waals surface area contributed by atoms with Crippen LogP contribution in [-0.2, 0) is 12.3 Å². The summed E-state index contributed by atoms with van der Waals surface area (Å²) in [5.74, 6) is 0.595. The van der Waals surface area contributed by atoms with Crippen molar-refractivity contribution in [3.05, 3.63) is 81.1 Å². The Labute approximate surface area is 153 Å². The number of nitrogens with zero attached hydrogens (tertiary/aromatic N) is 2. The van der Waals surface area contributed by atoms with Gasteiger partial charge >= 0.3 is 0 Å². The van der Waals surface area contributed by atoms with Crippen molar-refractivity contribution in [2.24, 2.45) is 0 Å². The lowest BCUT2D eigenvalue weighted by atomic mass is 10.2. The first-order valence-corrected chi connectivity index (χ1v) is 9.01. The zero-order chi connectivity index (χ0) is 17.1. The van der Waals surface area contributed by atoms with Gasteiger partial charge < -0.3 is 0 Å². The lowest BCUT2D eigenvalue weighted by Gasteiger charge is -2.12. The van der Waals surface area contributed by atoms with Crippen LogP contribution in [0.3, 0.4) is 0 Å². The van der Waals surface area contributed by atoms with Crippen molar-refractivity contribution in [2.75, 3.05) is 0 Å². The molecule has 3 rings (SSSR count). The van der Waals surface area contributed by atoms with E-state index < -0.39 is 0 Å². The molecule has 122 valence electrons. The fraction of sp³-hybridized carbons (Fsp3) is 0.111. The summed E-state index contributed by atoms with van der Waals surface area (Å²) < 4.78 is 1.63. The number of thioether (sulfide) groups is 1. The van der Waals surface area contributed by atoms with Gasteiger partial charge in [-0.3, -0.25) is 9.36 Å². The van der Waals surface area contributed by atoms with Crippen LogP contribution in [0.1, 0.15) is 5.56 Å². The molecule has 0 fully saturated rings. The van der Waals surface area contributed by atoms with Crippen LogP contribution in [0.25, 0.3) is 10.9 Å². The molecular weight excluding hydrogens is 363 g/mol. The van der Waals surface area contributed by atoms with Crippen LogP contribution in [0.2, 0.25) is 10.0 Å². The number of halogens is 2. The molecule has 0 spiro atoms. The highest BCUT2D eigenvalue weighted by Crippen LogP contribution is 2.28. The summed E-state index contributed by atoms with van der Waals surface area (Å²) in [5.41, 5.74) is 1.57. The van der Waals surface area contributed by atoms with Crippen molar-refractivity contribution >= 4 is 45.9 Å². The van der Waals surface area contributed by atoms with E-state index in [4.69, 9.17) is 23.2 Å². The zero-order valence-electron chi connectivity index (χ0n) is 12.7. The molecule has 1 aromatic heterocycles. The molecular formula is C18H14Cl2N2OS. The SMILES string of the molecule is C=CCn1c(SCc2ccc(Cl)cc2Cl)nc2ccccc2c1=O. The molecule has 3 nitrogen and oxygen atoms in total. The summed E-state index contributed by atoms with van der Waals surface area (Å²) in [6, 6.07) is 12.7. The van der Waals surface area contributed by atoms with Crippen molar-refractivity contribution in [2.45, 2.75) is 17.5 Å². The summed E-state index contributed by atoms with van der Waals surface area (Å²) in [5, 5.41) is 2.45. The van der Waals surface area contributed by atoms with Crippen LogP contribution in [0, 0.1) is 0 Å². The van der Waals surface area contributed by atoms with Crippen LogP contribution >= 0.6 is 35.0 Å². The Balaban J connectivity index is 2.00. The molecule has 0 saturated heterocycles. The summed E-state index contributed by atoms with van der Waals surface area (Å²) in [4.78, 5) is 17.3. The summed E-state index contributed by atoms with van der Waals surface area (Å²) in [6.07, 6.45) is 1.69. The summed E-state index contributed by atoms with van der Waals surface area (Å²) in [7, 11) is 0. The van der Waals surface area contributed by atoms with Gasteiger partial charge in [-0.25, -0.2) is 4.98 Å². The van der Waals surface area contributed by atoms with Crippen molar-refractivity contribution in [3.63, 3.8) is 0 Å². The highest BCUT2D eigenvalue weighted by atomic mass is 35.5. The van der Waals surface area contributed by atoms with Gasteiger partial charge in [-0.2, -0.15) is 0 Å². The van der Waals surface area contributed by atoms with Crippen LogP contribution in [0.15, 0.2) is 65.1 Å². The third kappa shape index (κ3) is 3.51. The van der Waals surface area contributed by atoms with Gasteiger partial charge in [-0.15, -0.1) is 6.58 Å². The van der Waals surface area contributed by atoms with E-state index in [1.807, 2.05) is 24.3 Å². The lowest BCUT2D eigenvalue weighted by molar-refractivity contribution is 0.671. The van der Waals surface area contributed by atoms with E-state index in [-0.39, 0.29) is 5.56 Å². The Kier molecular flexibility index (Phi) is 5.29. The number of hydrogen-bond donors (Lipinski definition) is 0. The van der Waals surface area contributed by atoms with E-state index >= 15 is 0 Å². The van der Waals surface area contributed by atoms with Gasteiger partial charge in [0.25, 0.3) is 5.56 Å². The zero-order valence-corrected chi connectivity index (χ0v) is 15.0. The molecule has 2 aromatic carbocycles. The Morgan fingerprint density at radius 3 is 2.75 bits per heavy atom. The minimum Gasteiger partial charge on any atom is -0.283 e. The summed E-state index contributed by atoms with van der Waals surface area (Å²) in [6.45, 7) is 4.14. The van der Waals surface area contributed by atoms with E-state index in [9.17, 15) is 4.79 Å². The molecule has 0 aliphatic rings. The highest BCUT2D eigenvalue weighted by molar-refractivity contribution is 7.98. The highest BCUT2D eigenvalue weighted by Gasteiger charge is 2.11. The number of allylic oxidation sites excluding steroid dienone is 1. The van der Waals surface area contributed by atoms with Crippen molar-refractivity contribution in [1.82, 2.24) is 9.55 Å². The first-order valence-electron chi connectivity index (χ1n) is 7.27. The van der Waals surface area contributed by atoms with E-state index in [1.54, 1.807) is 28.8 Å². The monoisotopic (exact) mass is 376 g/mol. The van der Waals surface area contributed by atoms with Crippen LogP contribution < -0.4 is 5.56 Å². The molecule has 0 aliphatic carbocycles. The Bertz CT molecular complexity index is 969. The van der Waals surface area contributed by atoms with Crippen molar-refractivity contribution in [1.29, 1.82) is 0 Å². The van der Waals surface area contributed by atoms with Crippen molar-refractivity contribution in [3.8, 4) is 0 Å². The Hall–Kier alpha value is -1.75. The molecule has 0 atom stereocenters. The van der Waals surface area contributed by atoms with Gasteiger partial charge in [0.2, 0.25) is 0 Å². The van der Waals surface area contributed by atoms with Gasteiger partial charge in [0, 0.05) is 22.3 Å². The second kappa shape index (κ2) is 7.43. The van der Waals surface area contributed by atoms with Gasteiger partial charge in [0.1, 0.15) is 0 Å². The molecule has 6 heteroatoms. The predicted octanol–water partition coefficient (Wildman–Crippen LogP) is 5.18. The number of benzene rings is 2. The van der Waals surface area contributed by atoms with E-state index in [0.717, 1.165) is 5.56 Å². The predicted molar refractivity (Wildman–Crippen MR) is 102 cm³/mol. The minimum atomic E-state index is -0.0646. The van der Waals surface area contributed by atoms with Crippen LogP contribution in [-0.4, -0.2) is 9.55 Å². The van der Waals surface area contributed by atoms with Crippen LogP contribution in [0.5, 0.6) is 0 Å². The first-order chi connectivity index (χ1) is 11.6. The average molecular weight is 377 g/mol. The molecule has 0 N–H and O–H groups in total. The maximum atomic E-state index is 12.7. The quantitative estimate of drug-likeness (QED) is 0.349. The molecule has 24 heavy (non-hydrogen) atoms. The topological polar surface area (TPSA) is 34.9 Å². The largest absolute Gasteiger partial charge is 0.283 e. The molecule has 0 radical (unpaired) electrons. The average Bonchev–Trinajstić information content (AvgIpc) is 2.57. The van der Waals surface area contributed by atoms with Gasteiger partial charge in [-0.05, 0) is 29.8 Å². The fourth-order valence-corrected chi connectivity index (χ4v) is 3.90. The van der Waals surface area contributed by atoms with Crippen molar-refractivity contribution < 1.29 is 0 Å². The second-order valence-corrected chi connectivity index (χ2v) is 6.93. The first kappa shape index (κ1) is 17.1. The Morgan fingerprint density at radius 1 is 1.21 bits per heavy atom. The third-order valence-corrected chi connectivity index (χ3v) is 5.12. The van der Waals surface area contributed by atoms with Gasteiger partial charge in [-0.1, -0.05) is 59.2 Å². The fourth-order valence-electron chi connectivity index (χ4n) is 2.33. The van der Waals surface area contributed by atoms with Gasteiger partial charge in [0.15, 0.2) is 5.16 Å². The third-order valence-electron chi connectivity index (χ3n) is 3.51. The molecule has 0 amide bonds. The van der Waals surface area contributed by atoms with E-state index in [1.165, 1.54) is 11.8 Å². The molecule has 0 saturated carbocycles. The number of rotatable bonds is 5. The lowest BCUT2D eigenvalue weighted by Crippen LogP contribution is -2.22. The minimum absolute atomic E-state index is 0.0646. The summed E-state index contributed by atoms with van der Waals surface area (Å²) >= 11 is 13.6. The maximum Gasteiger partial charge on any atom is 0.262 e. The second-order valence-electron chi connectivity index (χ2n) is 5.14. The number of aromatic nitrogens is 2.